The Morgan fingerprint density at radius 1 is 0.972 bits per heavy atom. The van der Waals surface area contributed by atoms with Crippen LogP contribution in [-0.2, 0) is 12.2 Å². The van der Waals surface area contributed by atoms with Gasteiger partial charge in [0.15, 0.2) is 11.5 Å². The third kappa shape index (κ3) is 4.11. The van der Waals surface area contributed by atoms with Crippen LogP contribution in [0.15, 0.2) is 54.9 Å². The van der Waals surface area contributed by atoms with E-state index in [1.165, 1.54) is 16.6 Å². The van der Waals surface area contributed by atoms with Crippen LogP contribution in [0.25, 0.3) is 27.9 Å². The highest BCUT2D eigenvalue weighted by molar-refractivity contribution is 5.87. The Hall–Kier alpha value is -4.12. The number of halogens is 3. The maximum absolute atomic E-state index is 15.4. The standard InChI is InChI=1S/C25H21F3N8/c26-17-9-15(10-18(27)12-17)19-1-2-22-33-34-23(36(22)35-19)14-31-20-3-6-30-21-11-16(13-32-24(20)21)25(28)4-7-29-8-5-25/h1-3,6,9-13,29H,4-5,7-8,14H2,(H,30,31). The number of hydrogen-bond acceptors (Lipinski definition) is 7. The third-order valence-corrected chi connectivity index (χ3v) is 6.41. The van der Waals surface area contributed by atoms with Crippen LogP contribution in [0.3, 0.4) is 0 Å². The van der Waals surface area contributed by atoms with Gasteiger partial charge in [0, 0.05) is 29.6 Å². The molecule has 11 heteroatoms. The fraction of sp³-hybridized carbons (Fsp3) is 0.240. The van der Waals surface area contributed by atoms with Gasteiger partial charge in [-0.15, -0.1) is 10.2 Å². The molecule has 0 radical (unpaired) electrons. The largest absolute Gasteiger partial charge is 0.376 e. The minimum atomic E-state index is -1.41. The molecule has 1 fully saturated rings. The molecule has 5 heterocycles. The molecule has 5 aromatic rings. The van der Waals surface area contributed by atoms with Gasteiger partial charge >= 0.3 is 0 Å². The molecular weight excluding hydrogens is 469 g/mol. The maximum atomic E-state index is 15.4. The second-order valence-corrected chi connectivity index (χ2v) is 8.78. The first-order valence-electron chi connectivity index (χ1n) is 11.6. The number of alkyl halides is 1. The van der Waals surface area contributed by atoms with Gasteiger partial charge in [-0.1, -0.05) is 0 Å². The summed E-state index contributed by atoms with van der Waals surface area (Å²) >= 11 is 0. The van der Waals surface area contributed by atoms with Gasteiger partial charge in [0.1, 0.15) is 22.8 Å². The molecule has 1 aliphatic heterocycles. The summed E-state index contributed by atoms with van der Waals surface area (Å²) in [6.07, 6.45) is 4.02. The first-order chi connectivity index (χ1) is 17.5. The molecule has 0 spiro atoms. The van der Waals surface area contributed by atoms with E-state index in [2.05, 4.69) is 35.9 Å². The van der Waals surface area contributed by atoms with E-state index >= 15 is 4.39 Å². The molecule has 182 valence electrons. The highest BCUT2D eigenvalue weighted by Gasteiger charge is 2.34. The lowest BCUT2D eigenvalue weighted by Crippen LogP contribution is -2.36. The van der Waals surface area contributed by atoms with Gasteiger partial charge in [0.25, 0.3) is 0 Å². The smallest absolute Gasteiger partial charge is 0.178 e. The number of nitrogens with zero attached hydrogens (tertiary/aromatic N) is 6. The first kappa shape index (κ1) is 22.4. The van der Waals surface area contributed by atoms with Crippen LogP contribution in [0.5, 0.6) is 0 Å². The summed E-state index contributed by atoms with van der Waals surface area (Å²) < 4.78 is 44.3. The molecule has 1 saturated heterocycles. The Bertz CT molecular complexity index is 1560. The molecule has 0 amide bonds. The lowest BCUT2D eigenvalue weighted by molar-refractivity contribution is 0.115. The number of aromatic nitrogens is 6. The summed E-state index contributed by atoms with van der Waals surface area (Å²) in [6.45, 7) is 1.50. The topological polar surface area (TPSA) is 92.9 Å². The molecule has 0 bridgehead atoms. The van der Waals surface area contributed by atoms with Crippen LogP contribution in [0.2, 0.25) is 0 Å². The van der Waals surface area contributed by atoms with E-state index in [1.807, 2.05) is 0 Å². The molecule has 1 aliphatic rings. The average molecular weight is 490 g/mol. The van der Waals surface area contributed by atoms with Gasteiger partial charge < -0.3 is 10.6 Å². The average Bonchev–Trinajstić information content (AvgIpc) is 3.29. The van der Waals surface area contributed by atoms with Crippen molar-refractivity contribution >= 4 is 22.4 Å². The minimum absolute atomic E-state index is 0.246. The monoisotopic (exact) mass is 490 g/mol. The molecular formula is C25H21F3N8. The third-order valence-electron chi connectivity index (χ3n) is 6.41. The number of nitrogens with one attached hydrogen (secondary N) is 2. The molecule has 0 aliphatic carbocycles. The van der Waals surface area contributed by atoms with Crippen LogP contribution in [0, 0.1) is 11.6 Å². The van der Waals surface area contributed by atoms with E-state index in [-0.39, 0.29) is 6.54 Å². The second kappa shape index (κ2) is 8.83. The van der Waals surface area contributed by atoms with E-state index in [1.54, 1.807) is 36.7 Å². The van der Waals surface area contributed by atoms with Crippen molar-refractivity contribution in [3.63, 3.8) is 0 Å². The van der Waals surface area contributed by atoms with Gasteiger partial charge in [-0.3, -0.25) is 9.97 Å². The first-order valence-corrected chi connectivity index (χ1v) is 11.6. The Morgan fingerprint density at radius 2 is 1.78 bits per heavy atom. The number of hydrogen-bond donors (Lipinski definition) is 2. The fourth-order valence-corrected chi connectivity index (χ4v) is 4.50. The summed E-state index contributed by atoms with van der Waals surface area (Å²) in [6, 6.07) is 10.1. The van der Waals surface area contributed by atoms with Crippen molar-refractivity contribution in [1.29, 1.82) is 0 Å². The lowest BCUT2D eigenvalue weighted by Gasteiger charge is -2.30. The van der Waals surface area contributed by atoms with E-state index in [0.717, 1.165) is 6.07 Å². The van der Waals surface area contributed by atoms with Crippen molar-refractivity contribution < 1.29 is 13.2 Å². The van der Waals surface area contributed by atoms with Gasteiger partial charge in [0.05, 0.1) is 23.4 Å². The number of rotatable bonds is 5. The highest BCUT2D eigenvalue weighted by atomic mass is 19.1. The molecule has 0 unspecified atom stereocenters. The molecule has 36 heavy (non-hydrogen) atoms. The maximum Gasteiger partial charge on any atom is 0.178 e. The van der Waals surface area contributed by atoms with E-state index in [4.69, 9.17) is 0 Å². The van der Waals surface area contributed by atoms with Crippen LogP contribution >= 0.6 is 0 Å². The summed E-state index contributed by atoms with van der Waals surface area (Å²) in [4.78, 5) is 8.91. The van der Waals surface area contributed by atoms with Crippen molar-refractivity contribution in [2.24, 2.45) is 0 Å². The zero-order chi connectivity index (χ0) is 24.7. The normalized spacial score (nSPS) is 15.4. The number of piperidine rings is 1. The lowest BCUT2D eigenvalue weighted by atomic mass is 9.87. The molecule has 4 aromatic heterocycles. The quantitative estimate of drug-likeness (QED) is 0.382. The van der Waals surface area contributed by atoms with Gasteiger partial charge in [-0.05, 0) is 62.3 Å². The predicted molar refractivity (Wildman–Crippen MR) is 128 cm³/mol. The Balaban J connectivity index is 1.28. The SMILES string of the molecule is Fc1cc(F)cc(-c2ccc3nnc(CNc4ccnc5cc(C6(F)CCNCC6)cnc45)n3n2)c1. The molecule has 0 saturated carbocycles. The predicted octanol–water partition coefficient (Wildman–Crippen LogP) is 4.17. The number of fused-ring (bicyclic) bond motifs is 2. The summed E-state index contributed by atoms with van der Waals surface area (Å²) in [5.41, 5.74) is 2.20. The Labute approximate surface area is 203 Å². The van der Waals surface area contributed by atoms with Crippen molar-refractivity contribution in [1.82, 2.24) is 35.1 Å². The highest BCUT2D eigenvalue weighted by Crippen LogP contribution is 2.36. The van der Waals surface area contributed by atoms with Crippen LogP contribution in [0.1, 0.15) is 24.2 Å². The number of benzene rings is 1. The van der Waals surface area contributed by atoms with Crippen LogP contribution in [0.4, 0.5) is 18.9 Å². The summed E-state index contributed by atoms with van der Waals surface area (Å²) in [5.74, 6) is -0.879. The minimum Gasteiger partial charge on any atom is -0.376 e. The van der Waals surface area contributed by atoms with Crippen molar-refractivity contribution in [3.8, 4) is 11.3 Å². The van der Waals surface area contributed by atoms with Crippen LogP contribution < -0.4 is 10.6 Å². The fourth-order valence-electron chi connectivity index (χ4n) is 4.50. The van der Waals surface area contributed by atoms with E-state index in [9.17, 15) is 8.78 Å². The van der Waals surface area contributed by atoms with Gasteiger partial charge in [-0.25, -0.2) is 13.2 Å². The Kier molecular flexibility index (Phi) is 5.48. The van der Waals surface area contributed by atoms with Gasteiger partial charge in [0.2, 0.25) is 0 Å². The molecule has 8 nitrogen and oxygen atoms in total. The molecule has 0 atom stereocenters. The second-order valence-electron chi connectivity index (χ2n) is 8.78. The zero-order valence-corrected chi connectivity index (χ0v) is 19.0. The van der Waals surface area contributed by atoms with E-state index < -0.39 is 17.3 Å². The number of anilines is 1. The zero-order valence-electron chi connectivity index (χ0n) is 19.0. The molecule has 2 N–H and O–H groups in total. The van der Waals surface area contributed by atoms with Crippen molar-refractivity contribution in [2.45, 2.75) is 25.1 Å². The molecule has 1 aromatic carbocycles. The summed E-state index contributed by atoms with van der Waals surface area (Å²) in [5, 5.41) is 19.2. The van der Waals surface area contributed by atoms with Crippen molar-refractivity contribution in [3.05, 3.63) is 77.9 Å². The van der Waals surface area contributed by atoms with Crippen molar-refractivity contribution in [2.75, 3.05) is 18.4 Å². The molecule has 6 rings (SSSR count). The van der Waals surface area contributed by atoms with Gasteiger partial charge in [-0.2, -0.15) is 9.61 Å². The Morgan fingerprint density at radius 3 is 2.58 bits per heavy atom. The number of pyridine rings is 2. The van der Waals surface area contributed by atoms with E-state index in [0.29, 0.717) is 70.9 Å². The summed E-state index contributed by atoms with van der Waals surface area (Å²) in [7, 11) is 0. The van der Waals surface area contributed by atoms with Crippen LogP contribution in [-0.4, -0.2) is 42.9 Å².